The van der Waals surface area contributed by atoms with Gasteiger partial charge in [-0.05, 0) is 31.1 Å². The van der Waals surface area contributed by atoms with E-state index >= 15 is 0 Å². The lowest BCUT2D eigenvalue weighted by atomic mass is 9.77. The van der Waals surface area contributed by atoms with Gasteiger partial charge in [0.15, 0.2) is 5.96 Å². The first kappa shape index (κ1) is 12.1. The molecule has 0 unspecified atom stereocenters. The normalized spacial score (nSPS) is 25.5. The molecule has 0 bridgehead atoms. The van der Waals surface area contributed by atoms with Crippen molar-refractivity contribution in [3.05, 3.63) is 12.0 Å². The number of piperidine rings is 1. The molecule has 5 heteroatoms. The molecule has 5 nitrogen and oxygen atoms in total. The second-order valence-corrected chi connectivity index (χ2v) is 5.26. The Balaban J connectivity index is 1.92. The zero-order valence-electron chi connectivity index (χ0n) is 10.4. The average Bonchev–Trinajstić information content (AvgIpc) is 2.78. The van der Waals surface area contributed by atoms with Crippen LogP contribution in [0.2, 0.25) is 0 Å². The molecule has 1 saturated heterocycles. The maximum absolute atomic E-state index is 5.91. The molecule has 6 N–H and O–H groups in total. The van der Waals surface area contributed by atoms with Gasteiger partial charge in [0, 0.05) is 19.3 Å². The lowest BCUT2D eigenvalue weighted by molar-refractivity contribution is 0.153. The average molecular weight is 237 g/mol. The van der Waals surface area contributed by atoms with E-state index in [1.807, 2.05) is 0 Å². The molecule has 0 aromatic rings. The summed E-state index contributed by atoms with van der Waals surface area (Å²) in [5.74, 6) is 0.778. The van der Waals surface area contributed by atoms with Crippen LogP contribution in [0, 0.1) is 5.41 Å². The first-order valence-electron chi connectivity index (χ1n) is 6.42. The number of rotatable bonds is 1. The Labute approximate surface area is 103 Å². The molecule has 1 spiro atoms. The lowest BCUT2D eigenvalue weighted by Crippen LogP contribution is -2.45. The minimum absolute atomic E-state index is 0.281. The van der Waals surface area contributed by atoms with Crippen molar-refractivity contribution < 1.29 is 0 Å². The molecule has 0 radical (unpaired) electrons. The van der Waals surface area contributed by atoms with Gasteiger partial charge in [-0.25, -0.2) is 0 Å². The Hall–Kier alpha value is -1.39. The summed E-state index contributed by atoms with van der Waals surface area (Å²) in [5.41, 5.74) is 17.3. The molecule has 1 saturated carbocycles. The maximum Gasteiger partial charge on any atom is 0.197 e. The molecule has 2 aliphatic rings. The summed E-state index contributed by atoms with van der Waals surface area (Å²) in [6.45, 7) is 1.99. The minimum Gasteiger partial charge on any atom is -0.402 e. The number of likely N-dealkylation sites (tertiary alicyclic amines) is 1. The summed E-state index contributed by atoms with van der Waals surface area (Å²) < 4.78 is 0. The third-order valence-electron chi connectivity index (χ3n) is 4.23. The Kier molecular flexibility index (Phi) is 3.45. The van der Waals surface area contributed by atoms with Crippen molar-refractivity contribution in [2.24, 2.45) is 27.6 Å². The highest BCUT2D eigenvalue weighted by Crippen LogP contribution is 2.45. The van der Waals surface area contributed by atoms with Crippen molar-refractivity contribution >= 4 is 5.96 Å². The maximum atomic E-state index is 5.91. The Morgan fingerprint density at radius 2 is 1.65 bits per heavy atom. The molecule has 96 valence electrons. The summed E-state index contributed by atoms with van der Waals surface area (Å²) in [6.07, 6.45) is 9.31. The summed E-state index contributed by atoms with van der Waals surface area (Å²) in [6, 6.07) is 0. The van der Waals surface area contributed by atoms with Gasteiger partial charge in [0.2, 0.25) is 0 Å². The highest BCUT2D eigenvalue weighted by atomic mass is 15.3. The van der Waals surface area contributed by atoms with E-state index in [4.69, 9.17) is 17.2 Å². The molecule has 1 heterocycles. The van der Waals surface area contributed by atoms with Crippen molar-refractivity contribution in [1.29, 1.82) is 0 Å². The fourth-order valence-corrected chi connectivity index (χ4v) is 3.08. The van der Waals surface area contributed by atoms with Crippen LogP contribution in [0.15, 0.2) is 17.0 Å². The van der Waals surface area contributed by atoms with Gasteiger partial charge in [-0.2, -0.15) is 4.99 Å². The van der Waals surface area contributed by atoms with Crippen LogP contribution in [-0.2, 0) is 0 Å². The van der Waals surface area contributed by atoms with E-state index in [1.54, 1.807) is 0 Å². The number of hydrogen-bond donors (Lipinski definition) is 3. The third kappa shape index (κ3) is 2.65. The van der Waals surface area contributed by atoms with E-state index in [-0.39, 0.29) is 5.82 Å². The zero-order chi connectivity index (χ0) is 12.3. The smallest absolute Gasteiger partial charge is 0.197 e. The molecule has 0 amide bonds. The zero-order valence-corrected chi connectivity index (χ0v) is 10.4. The van der Waals surface area contributed by atoms with Gasteiger partial charge < -0.3 is 22.1 Å². The Bertz CT molecular complexity index is 318. The van der Waals surface area contributed by atoms with Gasteiger partial charge in [0.1, 0.15) is 5.82 Å². The minimum atomic E-state index is 0.281. The van der Waals surface area contributed by atoms with Crippen molar-refractivity contribution in [2.45, 2.75) is 38.5 Å². The predicted octanol–water partition coefficient (Wildman–Crippen LogP) is 0.674. The highest BCUT2D eigenvalue weighted by molar-refractivity contribution is 5.79. The quantitative estimate of drug-likeness (QED) is 0.461. The molecule has 0 aromatic heterocycles. The molecule has 2 rings (SSSR count). The lowest BCUT2D eigenvalue weighted by Gasteiger charge is -2.39. The van der Waals surface area contributed by atoms with E-state index in [1.165, 1.54) is 44.7 Å². The van der Waals surface area contributed by atoms with Crippen LogP contribution in [0.4, 0.5) is 0 Å². The van der Waals surface area contributed by atoms with Crippen molar-refractivity contribution in [3.63, 3.8) is 0 Å². The molecule has 0 aromatic carbocycles. The number of nitrogens with zero attached hydrogens (tertiary/aromatic N) is 2. The number of guanidine groups is 1. The molecule has 1 aliphatic carbocycles. The van der Waals surface area contributed by atoms with Crippen LogP contribution < -0.4 is 17.2 Å². The second-order valence-electron chi connectivity index (χ2n) is 5.26. The van der Waals surface area contributed by atoms with E-state index in [9.17, 15) is 0 Å². The van der Waals surface area contributed by atoms with Crippen LogP contribution in [-0.4, -0.2) is 23.9 Å². The highest BCUT2D eigenvalue weighted by Gasteiger charge is 2.37. The third-order valence-corrected chi connectivity index (χ3v) is 4.23. The number of hydrogen-bond acceptors (Lipinski definition) is 3. The monoisotopic (exact) mass is 237 g/mol. The number of nitrogens with two attached hydrogens (primary N) is 3. The first-order valence-corrected chi connectivity index (χ1v) is 6.42. The van der Waals surface area contributed by atoms with Crippen LogP contribution in [0.5, 0.6) is 0 Å². The van der Waals surface area contributed by atoms with Gasteiger partial charge in [0.05, 0.1) is 0 Å². The molecule has 1 aliphatic heterocycles. The van der Waals surface area contributed by atoms with E-state index in [0.717, 1.165) is 13.1 Å². The van der Waals surface area contributed by atoms with Crippen molar-refractivity contribution in [1.82, 2.24) is 4.90 Å². The standard InChI is InChI=1S/C12H23N5/c13-9-10(14)16-11(15)17-7-5-12(6-8-17)3-1-2-4-12/h9H,1-8,13-14H2,(H2,15,16)/b10-9-. The van der Waals surface area contributed by atoms with Gasteiger partial charge in [-0.1, -0.05) is 12.8 Å². The summed E-state index contributed by atoms with van der Waals surface area (Å²) >= 11 is 0. The van der Waals surface area contributed by atoms with E-state index in [2.05, 4.69) is 9.89 Å². The van der Waals surface area contributed by atoms with Gasteiger partial charge in [-0.3, -0.25) is 0 Å². The largest absolute Gasteiger partial charge is 0.402 e. The molecular formula is C12H23N5. The summed E-state index contributed by atoms with van der Waals surface area (Å²) in [4.78, 5) is 6.18. The fraction of sp³-hybridized carbons (Fsp3) is 0.750. The van der Waals surface area contributed by atoms with Crippen LogP contribution >= 0.6 is 0 Å². The summed E-state index contributed by atoms with van der Waals surface area (Å²) in [7, 11) is 0. The fourth-order valence-electron chi connectivity index (χ4n) is 3.08. The van der Waals surface area contributed by atoms with Gasteiger partial charge >= 0.3 is 0 Å². The topological polar surface area (TPSA) is 93.7 Å². The molecular weight excluding hydrogens is 214 g/mol. The van der Waals surface area contributed by atoms with Gasteiger partial charge in [0.25, 0.3) is 0 Å². The molecule has 0 atom stereocenters. The molecule has 2 fully saturated rings. The van der Waals surface area contributed by atoms with Crippen LogP contribution in [0.3, 0.4) is 0 Å². The van der Waals surface area contributed by atoms with Crippen LogP contribution in [0.1, 0.15) is 38.5 Å². The van der Waals surface area contributed by atoms with E-state index < -0.39 is 0 Å². The first-order chi connectivity index (χ1) is 8.15. The summed E-state index contributed by atoms with van der Waals surface area (Å²) in [5, 5.41) is 0. The Morgan fingerprint density at radius 3 is 2.18 bits per heavy atom. The Morgan fingerprint density at radius 1 is 1.06 bits per heavy atom. The van der Waals surface area contributed by atoms with Crippen molar-refractivity contribution in [3.8, 4) is 0 Å². The molecule has 17 heavy (non-hydrogen) atoms. The predicted molar refractivity (Wildman–Crippen MR) is 69.8 cm³/mol. The second kappa shape index (κ2) is 4.85. The number of aliphatic imine (C=N–C) groups is 1. The van der Waals surface area contributed by atoms with Gasteiger partial charge in [-0.15, -0.1) is 0 Å². The van der Waals surface area contributed by atoms with Crippen LogP contribution in [0.25, 0.3) is 0 Å². The van der Waals surface area contributed by atoms with E-state index in [0.29, 0.717) is 11.4 Å². The van der Waals surface area contributed by atoms with Crippen molar-refractivity contribution in [2.75, 3.05) is 13.1 Å². The SMILES string of the molecule is N/C=C(N)\N=C(/N)N1CCC2(CCCC2)CC1.